The number of nitrogens with one attached hydrogen (secondary N) is 1. The maximum atomic E-state index is 6.34. The summed E-state index contributed by atoms with van der Waals surface area (Å²) >= 11 is 0. The number of nitrogen functional groups attached to an aromatic ring is 1. The first-order chi connectivity index (χ1) is 11.8. The van der Waals surface area contributed by atoms with Gasteiger partial charge in [-0.2, -0.15) is 0 Å². The zero-order valence-electron chi connectivity index (χ0n) is 13.5. The van der Waals surface area contributed by atoms with Crippen LogP contribution < -0.4 is 15.8 Å². The van der Waals surface area contributed by atoms with Crippen LogP contribution in [0.15, 0.2) is 54.7 Å². The van der Waals surface area contributed by atoms with Crippen LogP contribution in [0.2, 0.25) is 0 Å². The van der Waals surface area contributed by atoms with E-state index in [4.69, 9.17) is 10.5 Å². The first kappa shape index (κ1) is 15.0. The van der Waals surface area contributed by atoms with Crippen LogP contribution in [0.25, 0.3) is 22.0 Å². The van der Waals surface area contributed by atoms with Crippen LogP contribution in [0.4, 0.5) is 5.69 Å². The molecular weight excluding hydrogens is 298 g/mol. The second-order valence-electron chi connectivity index (χ2n) is 6.19. The predicted molar refractivity (Wildman–Crippen MR) is 98.1 cm³/mol. The van der Waals surface area contributed by atoms with Crippen molar-refractivity contribution >= 4 is 16.6 Å². The number of ether oxygens (including phenoxy) is 1. The fraction of sp³-hybridized carbons (Fsp3) is 0.250. The summed E-state index contributed by atoms with van der Waals surface area (Å²) in [6, 6.07) is 16.3. The molecule has 0 saturated carbocycles. The van der Waals surface area contributed by atoms with E-state index >= 15 is 0 Å². The Morgan fingerprint density at radius 2 is 1.79 bits per heavy atom. The summed E-state index contributed by atoms with van der Waals surface area (Å²) in [4.78, 5) is 4.41. The number of hydrogen-bond donors (Lipinski definition) is 2. The van der Waals surface area contributed by atoms with E-state index in [1.165, 1.54) is 0 Å². The van der Waals surface area contributed by atoms with E-state index in [0.717, 1.165) is 59.4 Å². The van der Waals surface area contributed by atoms with E-state index in [9.17, 15) is 0 Å². The van der Waals surface area contributed by atoms with E-state index < -0.39 is 0 Å². The van der Waals surface area contributed by atoms with Gasteiger partial charge < -0.3 is 15.8 Å². The molecule has 3 aromatic rings. The Labute approximate surface area is 141 Å². The summed E-state index contributed by atoms with van der Waals surface area (Å²) in [6.45, 7) is 2.06. The largest absolute Gasteiger partial charge is 0.490 e. The molecule has 1 aliphatic heterocycles. The van der Waals surface area contributed by atoms with Gasteiger partial charge in [-0.15, -0.1) is 0 Å². The van der Waals surface area contributed by atoms with Crippen molar-refractivity contribution in [1.29, 1.82) is 0 Å². The fourth-order valence-corrected chi connectivity index (χ4v) is 3.24. The van der Waals surface area contributed by atoms with E-state index in [1.807, 2.05) is 24.3 Å². The summed E-state index contributed by atoms with van der Waals surface area (Å²) < 4.78 is 6.06. The second kappa shape index (κ2) is 6.49. The van der Waals surface area contributed by atoms with Crippen molar-refractivity contribution in [1.82, 2.24) is 10.3 Å². The molecule has 2 aromatic carbocycles. The zero-order valence-corrected chi connectivity index (χ0v) is 13.5. The lowest BCUT2D eigenvalue weighted by atomic mass is 10.0. The van der Waals surface area contributed by atoms with Crippen molar-refractivity contribution in [3.63, 3.8) is 0 Å². The lowest BCUT2D eigenvalue weighted by molar-refractivity contribution is 0.162. The third-order valence-corrected chi connectivity index (χ3v) is 4.57. The highest BCUT2D eigenvalue weighted by Crippen LogP contribution is 2.32. The van der Waals surface area contributed by atoms with Crippen LogP contribution in [0.3, 0.4) is 0 Å². The normalized spacial score (nSPS) is 15.5. The van der Waals surface area contributed by atoms with Crippen molar-refractivity contribution in [3.05, 3.63) is 54.7 Å². The molecule has 3 N–H and O–H groups in total. The molecule has 1 aliphatic rings. The number of nitrogens with two attached hydrogens (primary N) is 1. The van der Waals surface area contributed by atoms with Crippen molar-refractivity contribution in [2.24, 2.45) is 0 Å². The molecule has 0 atom stereocenters. The number of benzene rings is 2. The monoisotopic (exact) mass is 319 g/mol. The lowest BCUT2D eigenvalue weighted by Crippen LogP contribution is -2.34. The Morgan fingerprint density at radius 3 is 2.58 bits per heavy atom. The number of pyridine rings is 1. The molecule has 0 amide bonds. The van der Waals surface area contributed by atoms with Crippen LogP contribution in [0.1, 0.15) is 12.8 Å². The van der Waals surface area contributed by atoms with Gasteiger partial charge in [-0.25, -0.2) is 0 Å². The van der Waals surface area contributed by atoms with Gasteiger partial charge in [0.1, 0.15) is 11.9 Å². The van der Waals surface area contributed by atoms with Gasteiger partial charge >= 0.3 is 0 Å². The molecule has 0 radical (unpaired) electrons. The minimum atomic E-state index is 0.312. The SMILES string of the molecule is Nc1c(-c2ccc(OC3CCNCC3)cc2)ccc2cccnc12. The van der Waals surface area contributed by atoms with E-state index in [-0.39, 0.29) is 0 Å². The molecule has 2 heterocycles. The molecule has 0 unspecified atom stereocenters. The molecule has 4 rings (SSSR count). The fourth-order valence-electron chi connectivity index (χ4n) is 3.24. The van der Waals surface area contributed by atoms with Gasteiger partial charge in [-0.3, -0.25) is 4.98 Å². The van der Waals surface area contributed by atoms with Crippen molar-refractivity contribution in [3.8, 4) is 16.9 Å². The number of aromatic nitrogens is 1. The van der Waals surface area contributed by atoms with E-state index in [0.29, 0.717) is 6.10 Å². The summed E-state index contributed by atoms with van der Waals surface area (Å²) in [5, 5.41) is 4.41. The molecule has 1 aromatic heterocycles. The van der Waals surface area contributed by atoms with Crippen LogP contribution >= 0.6 is 0 Å². The highest BCUT2D eigenvalue weighted by molar-refractivity contribution is 5.97. The Morgan fingerprint density at radius 1 is 1.00 bits per heavy atom. The average molecular weight is 319 g/mol. The molecule has 0 aliphatic carbocycles. The van der Waals surface area contributed by atoms with Gasteiger partial charge in [0.05, 0.1) is 11.2 Å². The number of fused-ring (bicyclic) bond motifs is 1. The number of piperidine rings is 1. The Balaban J connectivity index is 1.59. The van der Waals surface area contributed by atoms with Gasteiger partial charge in [-0.1, -0.05) is 30.3 Å². The Hall–Kier alpha value is -2.59. The smallest absolute Gasteiger partial charge is 0.119 e. The summed E-state index contributed by atoms with van der Waals surface area (Å²) in [7, 11) is 0. The molecule has 1 saturated heterocycles. The standard InChI is InChI=1S/C20H21N3O/c21-19-18(8-5-15-2-1-11-23-20(15)19)14-3-6-16(7-4-14)24-17-9-12-22-13-10-17/h1-8,11,17,22H,9-10,12-13,21H2. The highest BCUT2D eigenvalue weighted by atomic mass is 16.5. The minimum absolute atomic E-state index is 0.312. The van der Waals surface area contributed by atoms with Crippen LogP contribution in [0.5, 0.6) is 5.75 Å². The van der Waals surface area contributed by atoms with Crippen molar-refractivity contribution in [2.75, 3.05) is 18.8 Å². The maximum absolute atomic E-state index is 6.34. The van der Waals surface area contributed by atoms with Gasteiger partial charge in [0.25, 0.3) is 0 Å². The predicted octanol–water partition coefficient (Wildman–Crippen LogP) is 3.61. The average Bonchev–Trinajstić information content (AvgIpc) is 2.64. The van der Waals surface area contributed by atoms with Gasteiger partial charge in [0, 0.05) is 17.1 Å². The number of anilines is 1. The first-order valence-electron chi connectivity index (χ1n) is 8.42. The summed E-state index contributed by atoms with van der Waals surface area (Å²) in [5.41, 5.74) is 10.0. The molecule has 0 bridgehead atoms. The molecule has 24 heavy (non-hydrogen) atoms. The van der Waals surface area contributed by atoms with Gasteiger partial charge in [0.2, 0.25) is 0 Å². The molecule has 4 nitrogen and oxygen atoms in total. The van der Waals surface area contributed by atoms with Crippen molar-refractivity contribution in [2.45, 2.75) is 18.9 Å². The van der Waals surface area contributed by atoms with Crippen molar-refractivity contribution < 1.29 is 4.74 Å². The third-order valence-electron chi connectivity index (χ3n) is 4.57. The zero-order chi connectivity index (χ0) is 16.4. The van der Waals surface area contributed by atoms with E-state index in [1.54, 1.807) is 6.20 Å². The Kier molecular flexibility index (Phi) is 4.05. The first-order valence-corrected chi connectivity index (χ1v) is 8.42. The molecule has 1 fully saturated rings. The van der Waals surface area contributed by atoms with Crippen LogP contribution in [0, 0.1) is 0 Å². The second-order valence-corrected chi connectivity index (χ2v) is 6.19. The Bertz CT molecular complexity index is 839. The molecule has 0 spiro atoms. The van der Waals surface area contributed by atoms with Crippen LogP contribution in [-0.2, 0) is 0 Å². The summed E-state index contributed by atoms with van der Waals surface area (Å²) in [5.74, 6) is 0.920. The maximum Gasteiger partial charge on any atom is 0.119 e. The summed E-state index contributed by atoms with van der Waals surface area (Å²) in [6.07, 6.45) is 4.21. The van der Waals surface area contributed by atoms with Crippen LogP contribution in [-0.4, -0.2) is 24.2 Å². The minimum Gasteiger partial charge on any atom is -0.490 e. The number of nitrogens with zero attached hydrogens (tertiary/aromatic N) is 1. The number of hydrogen-bond acceptors (Lipinski definition) is 4. The van der Waals surface area contributed by atoms with E-state index in [2.05, 4.69) is 34.6 Å². The third kappa shape index (κ3) is 2.93. The molecule has 122 valence electrons. The molecule has 4 heteroatoms. The topological polar surface area (TPSA) is 60.2 Å². The quantitative estimate of drug-likeness (QED) is 0.724. The number of rotatable bonds is 3. The molecular formula is C20H21N3O. The van der Waals surface area contributed by atoms with Gasteiger partial charge in [0.15, 0.2) is 0 Å². The highest BCUT2D eigenvalue weighted by Gasteiger charge is 2.14. The van der Waals surface area contributed by atoms with Gasteiger partial charge in [-0.05, 0) is 49.7 Å². The lowest BCUT2D eigenvalue weighted by Gasteiger charge is -2.23.